The van der Waals surface area contributed by atoms with E-state index in [1.807, 2.05) is 14.1 Å². The molecule has 25 heavy (non-hydrogen) atoms. The largest absolute Gasteiger partial charge is 0.375 e. The molecule has 2 amide bonds. The highest BCUT2D eigenvalue weighted by atomic mass is 35.5. The van der Waals surface area contributed by atoms with Crippen molar-refractivity contribution in [3.63, 3.8) is 0 Å². The standard InChI is InChI=1S/C17H20ClN3O3S/c1-21(2)16-14(18)9-6-10-15(16)20-17(22)19-11-12-25(23,24)13-7-4-3-5-8-13/h3-10H,11-12H2,1-2H3,(H2,19,20,22). The molecule has 2 rings (SSSR count). The third-order valence-electron chi connectivity index (χ3n) is 3.44. The summed E-state index contributed by atoms with van der Waals surface area (Å²) in [7, 11) is 0.203. The first-order valence-electron chi connectivity index (χ1n) is 7.60. The highest BCUT2D eigenvalue weighted by Crippen LogP contribution is 2.32. The van der Waals surface area contributed by atoms with Crippen molar-refractivity contribution in [2.24, 2.45) is 0 Å². The smallest absolute Gasteiger partial charge is 0.319 e. The number of sulfone groups is 1. The van der Waals surface area contributed by atoms with Gasteiger partial charge in [-0.1, -0.05) is 35.9 Å². The fourth-order valence-corrected chi connectivity index (χ4v) is 3.80. The Balaban J connectivity index is 1.95. The normalized spacial score (nSPS) is 11.0. The quantitative estimate of drug-likeness (QED) is 0.806. The predicted molar refractivity (Wildman–Crippen MR) is 101 cm³/mol. The van der Waals surface area contributed by atoms with Gasteiger partial charge in [0.15, 0.2) is 9.84 Å². The van der Waals surface area contributed by atoms with Crippen molar-refractivity contribution >= 4 is 38.8 Å². The zero-order valence-corrected chi connectivity index (χ0v) is 15.6. The maximum Gasteiger partial charge on any atom is 0.319 e. The third-order valence-corrected chi connectivity index (χ3v) is 5.48. The van der Waals surface area contributed by atoms with Gasteiger partial charge in [0.1, 0.15) is 0 Å². The lowest BCUT2D eigenvalue weighted by Crippen LogP contribution is -2.33. The van der Waals surface area contributed by atoms with Gasteiger partial charge in [-0.25, -0.2) is 13.2 Å². The number of nitrogens with zero attached hydrogens (tertiary/aromatic N) is 1. The molecule has 0 aliphatic rings. The number of rotatable bonds is 6. The maximum atomic E-state index is 12.2. The van der Waals surface area contributed by atoms with Crippen molar-refractivity contribution < 1.29 is 13.2 Å². The van der Waals surface area contributed by atoms with E-state index in [-0.39, 0.29) is 17.2 Å². The van der Waals surface area contributed by atoms with Gasteiger partial charge in [-0.3, -0.25) is 0 Å². The molecule has 0 bridgehead atoms. The number of urea groups is 1. The number of para-hydroxylation sites is 1. The summed E-state index contributed by atoms with van der Waals surface area (Å²) in [6.45, 7) is 0.000917. The summed E-state index contributed by atoms with van der Waals surface area (Å²) < 4.78 is 24.3. The van der Waals surface area contributed by atoms with Crippen LogP contribution < -0.4 is 15.5 Å². The summed E-state index contributed by atoms with van der Waals surface area (Å²) in [5.41, 5.74) is 1.22. The second-order valence-corrected chi connectivity index (χ2v) is 8.06. The molecule has 2 aromatic carbocycles. The zero-order chi connectivity index (χ0) is 18.4. The summed E-state index contributed by atoms with van der Waals surface area (Å²) in [4.78, 5) is 14.1. The molecule has 134 valence electrons. The van der Waals surface area contributed by atoms with Crippen LogP contribution in [0, 0.1) is 0 Å². The Hall–Kier alpha value is -2.25. The van der Waals surface area contributed by atoms with Crippen LogP contribution in [0.15, 0.2) is 53.4 Å². The van der Waals surface area contributed by atoms with Crippen LogP contribution in [0.4, 0.5) is 16.2 Å². The van der Waals surface area contributed by atoms with Crippen LogP contribution in [0.1, 0.15) is 0 Å². The Kier molecular flexibility index (Phi) is 6.27. The fraction of sp³-hybridized carbons (Fsp3) is 0.235. The zero-order valence-electron chi connectivity index (χ0n) is 14.0. The van der Waals surface area contributed by atoms with E-state index in [2.05, 4.69) is 10.6 Å². The minimum Gasteiger partial charge on any atom is -0.375 e. The van der Waals surface area contributed by atoms with Gasteiger partial charge in [0, 0.05) is 20.6 Å². The van der Waals surface area contributed by atoms with E-state index in [0.717, 1.165) is 0 Å². The van der Waals surface area contributed by atoms with Crippen molar-refractivity contribution in [3.05, 3.63) is 53.6 Å². The summed E-state index contributed by atoms with van der Waals surface area (Å²) in [6.07, 6.45) is 0. The molecule has 0 spiro atoms. The van der Waals surface area contributed by atoms with Crippen molar-refractivity contribution in [1.82, 2.24) is 5.32 Å². The molecule has 0 aliphatic carbocycles. The molecule has 0 aliphatic heterocycles. The molecule has 0 saturated heterocycles. The average Bonchev–Trinajstić information content (AvgIpc) is 2.55. The number of halogens is 1. The van der Waals surface area contributed by atoms with E-state index >= 15 is 0 Å². The Bertz CT molecular complexity index is 839. The molecule has 2 N–H and O–H groups in total. The van der Waals surface area contributed by atoms with E-state index < -0.39 is 15.9 Å². The second kappa shape index (κ2) is 8.22. The predicted octanol–water partition coefficient (Wildman–Crippen LogP) is 3.00. The lowest BCUT2D eigenvalue weighted by Gasteiger charge is -2.19. The maximum absolute atomic E-state index is 12.2. The Labute approximate surface area is 152 Å². The molecule has 6 nitrogen and oxygen atoms in total. The van der Waals surface area contributed by atoms with Gasteiger partial charge in [-0.05, 0) is 24.3 Å². The first-order valence-corrected chi connectivity index (χ1v) is 9.63. The molecule has 0 radical (unpaired) electrons. The van der Waals surface area contributed by atoms with Gasteiger partial charge in [0.25, 0.3) is 0 Å². The van der Waals surface area contributed by atoms with Crippen molar-refractivity contribution in [1.29, 1.82) is 0 Å². The van der Waals surface area contributed by atoms with Crippen LogP contribution in [0.25, 0.3) is 0 Å². The first kappa shape index (κ1) is 19.1. The fourth-order valence-electron chi connectivity index (χ4n) is 2.28. The van der Waals surface area contributed by atoms with Gasteiger partial charge in [0.2, 0.25) is 0 Å². The second-order valence-electron chi connectivity index (χ2n) is 5.54. The van der Waals surface area contributed by atoms with E-state index in [9.17, 15) is 13.2 Å². The highest BCUT2D eigenvalue weighted by molar-refractivity contribution is 7.91. The van der Waals surface area contributed by atoms with E-state index in [1.54, 1.807) is 41.3 Å². The van der Waals surface area contributed by atoms with Gasteiger partial charge in [-0.15, -0.1) is 0 Å². The Morgan fingerprint density at radius 3 is 2.40 bits per heavy atom. The van der Waals surface area contributed by atoms with Crippen LogP contribution in [0.2, 0.25) is 5.02 Å². The molecular weight excluding hydrogens is 362 g/mol. The van der Waals surface area contributed by atoms with Crippen LogP contribution in [-0.2, 0) is 9.84 Å². The molecule has 0 heterocycles. The minimum absolute atomic E-state index is 0.000917. The molecule has 0 atom stereocenters. The molecule has 0 unspecified atom stereocenters. The number of carbonyl (C=O) groups is 1. The average molecular weight is 382 g/mol. The molecule has 8 heteroatoms. The van der Waals surface area contributed by atoms with Crippen molar-refractivity contribution in [3.8, 4) is 0 Å². The number of nitrogens with one attached hydrogen (secondary N) is 2. The van der Waals surface area contributed by atoms with Gasteiger partial charge >= 0.3 is 6.03 Å². The Morgan fingerprint density at radius 2 is 1.76 bits per heavy atom. The number of hydrogen-bond donors (Lipinski definition) is 2. The van der Waals surface area contributed by atoms with Crippen LogP contribution >= 0.6 is 11.6 Å². The number of anilines is 2. The van der Waals surface area contributed by atoms with Gasteiger partial charge < -0.3 is 15.5 Å². The number of carbonyl (C=O) groups excluding carboxylic acids is 1. The monoisotopic (exact) mass is 381 g/mol. The Morgan fingerprint density at radius 1 is 1.08 bits per heavy atom. The molecule has 0 fully saturated rings. The third kappa shape index (κ3) is 5.11. The van der Waals surface area contributed by atoms with E-state index in [4.69, 9.17) is 11.6 Å². The summed E-state index contributed by atoms with van der Waals surface area (Å²) in [5, 5.41) is 5.75. The van der Waals surface area contributed by atoms with Crippen molar-refractivity contribution in [2.45, 2.75) is 4.90 Å². The SMILES string of the molecule is CN(C)c1c(Cl)cccc1NC(=O)NCCS(=O)(=O)c1ccccc1. The van der Waals surface area contributed by atoms with E-state index in [1.165, 1.54) is 12.1 Å². The van der Waals surface area contributed by atoms with E-state index in [0.29, 0.717) is 16.4 Å². The molecule has 0 aromatic heterocycles. The summed E-state index contributed by atoms with van der Waals surface area (Å²) in [6, 6.07) is 12.8. The lowest BCUT2D eigenvalue weighted by molar-refractivity contribution is 0.252. The minimum atomic E-state index is -3.43. The number of amides is 2. The summed E-state index contributed by atoms with van der Waals surface area (Å²) >= 11 is 6.15. The number of benzene rings is 2. The summed E-state index contributed by atoms with van der Waals surface area (Å²) in [5.74, 6) is -0.180. The topological polar surface area (TPSA) is 78.5 Å². The first-order chi connectivity index (χ1) is 11.8. The molecular formula is C17H20ClN3O3S. The van der Waals surface area contributed by atoms with Crippen molar-refractivity contribution in [2.75, 3.05) is 36.6 Å². The highest BCUT2D eigenvalue weighted by Gasteiger charge is 2.15. The van der Waals surface area contributed by atoms with Crippen LogP contribution in [0.3, 0.4) is 0 Å². The lowest BCUT2D eigenvalue weighted by atomic mass is 10.2. The van der Waals surface area contributed by atoms with Crippen LogP contribution in [0.5, 0.6) is 0 Å². The molecule has 2 aromatic rings. The molecule has 0 saturated carbocycles. The van der Waals surface area contributed by atoms with Gasteiger partial charge in [-0.2, -0.15) is 0 Å². The van der Waals surface area contributed by atoms with Gasteiger partial charge in [0.05, 0.1) is 27.0 Å². The number of hydrogen-bond acceptors (Lipinski definition) is 4. The van der Waals surface area contributed by atoms with Crippen LogP contribution in [-0.4, -0.2) is 40.8 Å².